The van der Waals surface area contributed by atoms with Crippen LogP contribution in [0.3, 0.4) is 0 Å². The topological polar surface area (TPSA) is 70.1 Å². The van der Waals surface area contributed by atoms with E-state index in [4.69, 9.17) is 6.42 Å². The summed E-state index contributed by atoms with van der Waals surface area (Å²) in [5.74, 6) is 4.02. The van der Waals surface area contributed by atoms with Crippen molar-refractivity contribution in [2.45, 2.75) is 37.6 Å². The number of piperidine rings is 1. The van der Waals surface area contributed by atoms with Crippen LogP contribution in [0.15, 0.2) is 24.3 Å². The Morgan fingerprint density at radius 3 is 2.76 bits per heavy atom. The summed E-state index contributed by atoms with van der Waals surface area (Å²) in [7, 11) is 0. The molecule has 2 heterocycles. The second kappa shape index (κ2) is 6.73. The third kappa shape index (κ3) is 3.45. The predicted molar refractivity (Wildman–Crippen MR) is 98.6 cm³/mol. The van der Waals surface area contributed by atoms with Gasteiger partial charge in [0.05, 0.1) is 0 Å². The molecule has 4 rings (SSSR count). The molecule has 2 aromatic rings. The fraction of sp³-hybridized carbons (Fsp3) is 0.400. The first-order valence-corrected chi connectivity index (χ1v) is 8.89. The predicted octanol–water partition coefficient (Wildman–Crippen LogP) is 2.87. The third-order valence-corrected chi connectivity index (χ3v) is 4.91. The first kappa shape index (κ1) is 15.9. The lowest BCUT2D eigenvalue weighted by Gasteiger charge is -2.24. The summed E-state index contributed by atoms with van der Waals surface area (Å²) in [5.41, 5.74) is 3.27. The van der Waals surface area contributed by atoms with Gasteiger partial charge in [0.15, 0.2) is 0 Å². The minimum atomic E-state index is 0.156. The molecule has 5 heteroatoms. The van der Waals surface area contributed by atoms with E-state index in [0.29, 0.717) is 23.1 Å². The number of nitrogens with zero attached hydrogens (tertiary/aromatic N) is 2. The molecule has 25 heavy (non-hydrogen) atoms. The molecule has 2 fully saturated rings. The molecule has 1 aromatic heterocycles. The molecule has 1 atom stereocenters. The highest BCUT2D eigenvalue weighted by Gasteiger charge is 2.29. The van der Waals surface area contributed by atoms with Gasteiger partial charge in [0.25, 0.3) is 0 Å². The third-order valence-electron chi connectivity index (χ3n) is 4.91. The van der Waals surface area contributed by atoms with Gasteiger partial charge in [-0.05, 0) is 68.0 Å². The maximum Gasteiger partial charge on any atom is 0.149 e. The molecule has 3 N–H and O–H groups in total. The van der Waals surface area contributed by atoms with E-state index in [0.717, 1.165) is 49.4 Å². The molecule has 0 bridgehead atoms. The van der Waals surface area contributed by atoms with Crippen molar-refractivity contribution in [3.05, 3.63) is 35.4 Å². The highest BCUT2D eigenvalue weighted by Crippen LogP contribution is 2.45. The van der Waals surface area contributed by atoms with Crippen LogP contribution in [-0.4, -0.2) is 34.4 Å². The molecular weight excluding hydrogens is 312 g/mol. The summed E-state index contributed by atoms with van der Waals surface area (Å²) in [6.07, 6.45) is 10.0. The van der Waals surface area contributed by atoms with Crippen LogP contribution in [0.25, 0.3) is 11.3 Å². The Labute approximate surface area is 147 Å². The number of anilines is 1. The van der Waals surface area contributed by atoms with E-state index in [1.54, 1.807) is 6.07 Å². The molecule has 1 unspecified atom stereocenters. The molecular formula is C20H22N4O. The van der Waals surface area contributed by atoms with Crippen LogP contribution in [0.1, 0.15) is 42.7 Å². The smallest absolute Gasteiger partial charge is 0.149 e. The monoisotopic (exact) mass is 334 g/mol. The molecule has 0 radical (unpaired) electrons. The Bertz CT molecular complexity index is 817. The fourth-order valence-corrected chi connectivity index (χ4v) is 3.40. The van der Waals surface area contributed by atoms with Crippen LogP contribution < -0.4 is 10.6 Å². The largest absolute Gasteiger partial charge is 0.507 e. The van der Waals surface area contributed by atoms with Crippen molar-refractivity contribution in [3.63, 3.8) is 0 Å². The lowest BCUT2D eigenvalue weighted by atomic mass is 10.0. The van der Waals surface area contributed by atoms with Crippen molar-refractivity contribution in [2.24, 2.45) is 0 Å². The summed E-state index contributed by atoms with van der Waals surface area (Å²) in [6.45, 7) is 2.04. The number of terminal acetylenes is 1. The Kier molecular flexibility index (Phi) is 4.29. The Morgan fingerprint density at radius 1 is 1.20 bits per heavy atom. The average Bonchev–Trinajstić information content (AvgIpc) is 3.48. The molecule has 0 spiro atoms. The van der Waals surface area contributed by atoms with Crippen LogP contribution in [0.5, 0.6) is 5.75 Å². The van der Waals surface area contributed by atoms with Gasteiger partial charge in [-0.15, -0.1) is 16.6 Å². The van der Waals surface area contributed by atoms with Crippen molar-refractivity contribution in [2.75, 3.05) is 18.4 Å². The van der Waals surface area contributed by atoms with Crippen LogP contribution in [0.4, 0.5) is 5.82 Å². The normalized spacial score (nSPS) is 20.0. The number of aromatic nitrogens is 2. The molecule has 1 aliphatic carbocycles. The summed E-state index contributed by atoms with van der Waals surface area (Å²) < 4.78 is 0. The van der Waals surface area contributed by atoms with Crippen LogP contribution >= 0.6 is 0 Å². The Balaban J connectivity index is 1.65. The Morgan fingerprint density at radius 2 is 2.08 bits per heavy atom. The van der Waals surface area contributed by atoms with E-state index < -0.39 is 0 Å². The SMILES string of the molecule is C#Cc1ccc(-c2nnc(NC3CCCNC3)cc2C2CC2)c(O)c1. The molecule has 128 valence electrons. The average molecular weight is 334 g/mol. The number of hydrogen-bond donors (Lipinski definition) is 3. The summed E-state index contributed by atoms with van der Waals surface area (Å²) in [4.78, 5) is 0. The van der Waals surface area contributed by atoms with Gasteiger partial charge in [-0.2, -0.15) is 0 Å². The zero-order chi connectivity index (χ0) is 17.2. The molecule has 1 saturated heterocycles. The molecule has 1 aromatic carbocycles. The van der Waals surface area contributed by atoms with Gasteiger partial charge in [0.2, 0.25) is 0 Å². The number of nitrogens with one attached hydrogen (secondary N) is 2. The van der Waals surface area contributed by atoms with Crippen molar-refractivity contribution >= 4 is 5.82 Å². The van der Waals surface area contributed by atoms with E-state index in [1.807, 2.05) is 12.1 Å². The van der Waals surface area contributed by atoms with Gasteiger partial charge in [0, 0.05) is 23.7 Å². The number of aromatic hydroxyl groups is 1. The summed E-state index contributed by atoms with van der Waals surface area (Å²) >= 11 is 0. The van der Waals surface area contributed by atoms with Crippen LogP contribution in [-0.2, 0) is 0 Å². The highest BCUT2D eigenvalue weighted by molar-refractivity contribution is 5.72. The van der Waals surface area contributed by atoms with Crippen LogP contribution in [0.2, 0.25) is 0 Å². The van der Waals surface area contributed by atoms with Gasteiger partial charge in [-0.3, -0.25) is 0 Å². The van der Waals surface area contributed by atoms with Gasteiger partial charge in [-0.1, -0.05) is 5.92 Å². The van der Waals surface area contributed by atoms with Crippen molar-refractivity contribution < 1.29 is 5.11 Å². The molecule has 1 aliphatic heterocycles. The van der Waals surface area contributed by atoms with E-state index in [1.165, 1.54) is 6.42 Å². The standard InChI is InChI=1S/C20H22N4O/c1-2-13-5-8-16(18(25)10-13)20-17(14-6-7-14)11-19(23-24-20)22-15-4-3-9-21-12-15/h1,5,8,10-11,14-15,21,25H,3-4,6-7,9,12H2,(H,22,23). The number of benzene rings is 1. The van der Waals surface area contributed by atoms with Gasteiger partial charge in [0.1, 0.15) is 17.3 Å². The first-order chi connectivity index (χ1) is 12.2. The second-order valence-corrected chi connectivity index (χ2v) is 6.87. The summed E-state index contributed by atoms with van der Waals surface area (Å²) in [6, 6.07) is 7.76. The second-order valence-electron chi connectivity index (χ2n) is 6.87. The zero-order valence-electron chi connectivity index (χ0n) is 14.1. The number of hydrogen-bond acceptors (Lipinski definition) is 5. The minimum absolute atomic E-state index is 0.156. The van der Waals surface area contributed by atoms with E-state index in [-0.39, 0.29) is 5.75 Å². The quantitative estimate of drug-likeness (QED) is 0.750. The van der Waals surface area contributed by atoms with Crippen molar-refractivity contribution in [3.8, 4) is 29.4 Å². The number of phenols is 1. The van der Waals surface area contributed by atoms with Gasteiger partial charge in [-0.25, -0.2) is 0 Å². The van der Waals surface area contributed by atoms with E-state index in [9.17, 15) is 5.11 Å². The van der Waals surface area contributed by atoms with E-state index >= 15 is 0 Å². The van der Waals surface area contributed by atoms with Crippen molar-refractivity contribution in [1.82, 2.24) is 15.5 Å². The Hall–Kier alpha value is -2.58. The first-order valence-electron chi connectivity index (χ1n) is 8.89. The zero-order valence-corrected chi connectivity index (χ0v) is 14.1. The van der Waals surface area contributed by atoms with Crippen LogP contribution in [0, 0.1) is 12.3 Å². The molecule has 1 saturated carbocycles. The van der Waals surface area contributed by atoms with E-state index in [2.05, 4.69) is 32.8 Å². The molecule has 0 amide bonds. The number of rotatable bonds is 4. The molecule has 5 nitrogen and oxygen atoms in total. The highest BCUT2D eigenvalue weighted by atomic mass is 16.3. The van der Waals surface area contributed by atoms with Gasteiger partial charge >= 0.3 is 0 Å². The number of phenolic OH excluding ortho intramolecular Hbond substituents is 1. The minimum Gasteiger partial charge on any atom is -0.507 e. The maximum absolute atomic E-state index is 10.3. The lowest BCUT2D eigenvalue weighted by Crippen LogP contribution is -2.38. The van der Waals surface area contributed by atoms with Crippen molar-refractivity contribution in [1.29, 1.82) is 0 Å². The summed E-state index contributed by atoms with van der Waals surface area (Å²) in [5, 5.41) is 26.0. The molecule has 2 aliphatic rings. The van der Waals surface area contributed by atoms with Gasteiger partial charge < -0.3 is 15.7 Å². The lowest BCUT2D eigenvalue weighted by molar-refractivity contribution is 0.476. The fourth-order valence-electron chi connectivity index (χ4n) is 3.40. The maximum atomic E-state index is 10.3.